The molecule has 0 fully saturated rings. The van der Waals surface area contributed by atoms with Gasteiger partial charge in [0.2, 0.25) is 0 Å². The van der Waals surface area contributed by atoms with Crippen molar-refractivity contribution in [2.75, 3.05) is 26.3 Å². The third-order valence-electron chi connectivity index (χ3n) is 4.36. The van der Waals surface area contributed by atoms with Gasteiger partial charge in [-0.25, -0.2) is 4.79 Å². The second-order valence-corrected chi connectivity index (χ2v) is 8.44. The third-order valence-corrected chi connectivity index (χ3v) is 4.36. The van der Waals surface area contributed by atoms with Crippen molar-refractivity contribution in [2.24, 2.45) is 0 Å². The molecule has 1 rings (SSSR count). The van der Waals surface area contributed by atoms with Crippen molar-refractivity contribution in [3.63, 3.8) is 0 Å². The summed E-state index contributed by atoms with van der Waals surface area (Å²) in [6.45, 7) is 12.6. The van der Waals surface area contributed by atoms with Crippen LogP contribution in [-0.2, 0) is 63.8 Å². The van der Waals surface area contributed by atoms with E-state index in [2.05, 4.69) is 27.4 Å². The van der Waals surface area contributed by atoms with Gasteiger partial charge in [-0.1, -0.05) is 39.5 Å². The van der Waals surface area contributed by atoms with Crippen LogP contribution in [0.4, 0.5) is 0 Å². The summed E-state index contributed by atoms with van der Waals surface area (Å²) >= 11 is 0. The minimum Gasteiger partial charge on any atom is -0.524 e. The molecule has 0 unspecified atom stereocenters. The van der Waals surface area contributed by atoms with Crippen LogP contribution in [0.15, 0.2) is 24.3 Å². The normalized spacial score (nSPS) is 10.9. The van der Waals surface area contributed by atoms with Crippen LogP contribution in [0, 0.1) is 13.3 Å². The summed E-state index contributed by atoms with van der Waals surface area (Å²) < 4.78 is 10.9. The predicted molar refractivity (Wildman–Crippen MR) is 116 cm³/mol. The van der Waals surface area contributed by atoms with Gasteiger partial charge >= 0.3 is 17.9 Å². The molecule has 1 radical (unpaired) electrons. The summed E-state index contributed by atoms with van der Waals surface area (Å²) in [5, 5.41) is 18.3. The Kier molecular flexibility index (Phi) is 12.9. The molecule has 175 valence electrons. The molecule has 0 spiro atoms. The fourth-order valence-electron chi connectivity index (χ4n) is 2.84. The summed E-state index contributed by atoms with van der Waals surface area (Å²) in [6.07, 6.45) is 1.65. The second kappa shape index (κ2) is 13.7. The van der Waals surface area contributed by atoms with Crippen molar-refractivity contribution in [1.82, 2.24) is 4.90 Å². The minimum atomic E-state index is -1.11. The van der Waals surface area contributed by atoms with Crippen molar-refractivity contribution in [3.8, 4) is 5.75 Å². The van der Waals surface area contributed by atoms with E-state index in [1.165, 1.54) is 4.90 Å². The second-order valence-electron chi connectivity index (χ2n) is 8.44. The molecule has 0 bridgehead atoms. The third kappa shape index (κ3) is 10.7. The van der Waals surface area contributed by atoms with Gasteiger partial charge in [0, 0.05) is 50.4 Å². The Bertz CT molecular complexity index is 814. The largest absolute Gasteiger partial charge is 0.524 e. The molecule has 0 aliphatic rings. The molecule has 0 aliphatic carbocycles. The van der Waals surface area contributed by atoms with Crippen LogP contribution in [0.3, 0.4) is 0 Å². The van der Waals surface area contributed by atoms with E-state index in [-0.39, 0.29) is 57.9 Å². The number of carbonyl (C=O) groups excluding carboxylic acids is 1. The standard InChI is InChI=1S/C23H32NO7.Y/c1-15(2)22(29)31-9-7-8-30-21-16(3)10-18(23(4,5)6)11-17(21)12-24(13-19(25)26)14-20(27)28;/h7,10-11H,1,8-9,12-14H2,2-6H3,(H,25,26)(H,27,28);/q-1;. The van der Waals surface area contributed by atoms with Crippen LogP contribution in [0.2, 0.25) is 0 Å². The summed E-state index contributed by atoms with van der Waals surface area (Å²) in [7, 11) is 0. The molecule has 0 amide bonds. The van der Waals surface area contributed by atoms with Gasteiger partial charge in [0.05, 0.1) is 13.1 Å². The number of esters is 1. The topological polar surface area (TPSA) is 113 Å². The molecular weight excluding hydrogens is 491 g/mol. The van der Waals surface area contributed by atoms with Gasteiger partial charge in [-0.05, 0) is 43.6 Å². The summed E-state index contributed by atoms with van der Waals surface area (Å²) in [5.74, 6) is -2.16. The molecule has 32 heavy (non-hydrogen) atoms. The van der Waals surface area contributed by atoms with E-state index in [0.717, 1.165) is 11.1 Å². The number of ether oxygens (including phenoxy) is 2. The summed E-state index contributed by atoms with van der Waals surface area (Å²) in [4.78, 5) is 35.1. The van der Waals surface area contributed by atoms with Gasteiger partial charge in [-0.2, -0.15) is 0 Å². The predicted octanol–water partition coefficient (Wildman–Crippen LogP) is 2.96. The maximum atomic E-state index is 11.4. The Labute approximate surface area is 214 Å². The average Bonchev–Trinajstić information content (AvgIpc) is 2.60. The van der Waals surface area contributed by atoms with Crippen LogP contribution in [-0.4, -0.2) is 59.3 Å². The molecular formula is C23H32NO7Y-. The zero-order valence-electron chi connectivity index (χ0n) is 19.4. The monoisotopic (exact) mass is 523 g/mol. The number of rotatable bonds is 12. The molecule has 1 aromatic carbocycles. The molecule has 8 nitrogen and oxygen atoms in total. The smallest absolute Gasteiger partial charge is 0.330 e. The van der Waals surface area contributed by atoms with Crippen LogP contribution in [0.25, 0.3) is 0 Å². The Morgan fingerprint density at radius 3 is 2.12 bits per heavy atom. The maximum Gasteiger partial charge on any atom is 0.330 e. The number of hydrogen-bond acceptors (Lipinski definition) is 6. The number of aliphatic carboxylic acids is 2. The van der Waals surface area contributed by atoms with Gasteiger partial charge < -0.3 is 19.7 Å². The first-order chi connectivity index (χ1) is 14.3. The van der Waals surface area contributed by atoms with Crippen molar-refractivity contribution in [1.29, 1.82) is 0 Å². The Balaban J connectivity index is 0.00000961. The van der Waals surface area contributed by atoms with E-state index in [4.69, 9.17) is 19.7 Å². The van der Waals surface area contributed by atoms with E-state index in [1.807, 2.05) is 19.1 Å². The molecule has 0 aliphatic heterocycles. The van der Waals surface area contributed by atoms with E-state index in [1.54, 1.807) is 13.3 Å². The molecule has 9 heteroatoms. The molecule has 0 saturated carbocycles. The van der Waals surface area contributed by atoms with Crippen LogP contribution in [0.1, 0.15) is 44.4 Å². The quantitative estimate of drug-likeness (QED) is 0.186. The number of benzene rings is 1. The van der Waals surface area contributed by atoms with E-state index < -0.39 is 31.0 Å². The number of nitrogens with zero attached hydrogens (tertiary/aromatic N) is 1. The SMILES string of the molecule is C=C(C)C(=O)OC[CH-]COc1c(C)cc(C(C)(C)C)cc1CN(CC(=O)O)CC(=O)O.[Y]. The summed E-state index contributed by atoms with van der Waals surface area (Å²) in [5.41, 5.74) is 2.71. The van der Waals surface area contributed by atoms with Crippen molar-refractivity contribution in [3.05, 3.63) is 47.4 Å². The zero-order valence-corrected chi connectivity index (χ0v) is 22.3. The number of carbonyl (C=O) groups is 3. The van der Waals surface area contributed by atoms with Gasteiger partial charge in [0.25, 0.3) is 0 Å². The van der Waals surface area contributed by atoms with Gasteiger partial charge in [0.15, 0.2) is 0 Å². The van der Waals surface area contributed by atoms with Crippen LogP contribution in [0.5, 0.6) is 5.75 Å². The van der Waals surface area contributed by atoms with Crippen LogP contribution >= 0.6 is 0 Å². The minimum absolute atomic E-state index is 0. The molecule has 0 saturated heterocycles. The van der Waals surface area contributed by atoms with Crippen LogP contribution < -0.4 is 4.74 Å². The maximum absolute atomic E-state index is 11.4. The van der Waals surface area contributed by atoms with E-state index >= 15 is 0 Å². The number of carboxylic acid groups (broad SMARTS) is 2. The molecule has 0 atom stereocenters. The Morgan fingerprint density at radius 2 is 1.66 bits per heavy atom. The number of carboxylic acids is 2. The zero-order chi connectivity index (χ0) is 23.8. The molecule has 1 aromatic rings. The fraction of sp³-hybridized carbons (Fsp3) is 0.478. The Morgan fingerprint density at radius 1 is 1.09 bits per heavy atom. The summed E-state index contributed by atoms with van der Waals surface area (Å²) in [6, 6.07) is 3.92. The Hall–Kier alpha value is -1.77. The number of hydrogen-bond donors (Lipinski definition) is 2. The molecule has 2 N–H and O–H groups in total. The first-order valence-electron chi connectivity index (χ1n) is 9.88. The fourth-order valence-corrected chi connectivity index (χ4v) is 2.84. The van der Waals surface area contributed by atoms with Gasteiger partial charge in [0.1, 0.15) is 5.75 Å². The number of aryl methyl sites for hydroxylation is 1. The first-order valence-corrected chi connectivity index (χ1v) is 9.88. The van der Waals surface area contributed by atoms with E-state index in [0.29, 0.717) is 16.9 Å². The molecule has 0 aromatic heterocycles. The van der Waals surface area contributed by atoms with Crippen molar-refractivity contribution >= 4 is 17.9 Å². The van der Waals surface area contributed by atoms with Crippen molar-refractivity contribution < 1.29 is 66.8 Å². The van der Waals surface area contributed by atoms with E-state index in [9.17, 15) is 14.4 Å². The van der Waals surface area contributed by atoms with Crippen molar-refractivity contribution in [2.45, 2.75) is 46.6 Å². The molecule has 0 heterocycles. The van der Waals surface area contributed by atoms with Gasteiger partial charge in [-0.3, -0.25) is 20.9 Å². The first kappa shape index (κ1) is 30.2. The average molecular weight is 523 g/mol. The van der Waals surface area contributed by atoms with Gasteiger partial charge in [-0.15, -0.1) is 0 Å².